The molecule has 0 aliphatic carbocycles. The minimum Gasteiger partial charge on any atom is -0.480 e. The van der Waals surface area contributed by atoms with Crippen LogP contribution in [-0.2, 0) is 14.3 Å². The van der Waals surface area contributed by atoms with Gasteiger partial charge in [0.15, 0.2) is 0 Å². The fraction of sp³-hybridized carbons (Fsp3) is 0.938. The van der Waals surface area contributed by atoms with Crippen LogP contribution in [0.3, 0.4) is 0 Å². The third kappa shape index (κ3) is 23.1. The zero-order valence-electron chi connectivity index (χ0n) is 24.7. The molecule has 0 aromatic heterocycles. The van der Waals surface area contributed by atoms with Crippen LogP contribution in [-0.4, -0.2) is 28.4 Å². The number of unbranched alkanes of at least 4 members (excludes halogenated alkanes) is 22. The van der Waals surface area contributed by atoms with Crippen molar-refractivity contribution < 1.29 is 19.4 Å². The van der Waals surface area contributed by atoms with E-state index in [-0.39, 0.29) is 5.12 Å². The summed E-state index contributed by atoms with van der Waals surface area (Å²) in [5.41, 5.74) is -1.04. The van der Waals surface area contributed by atoms with E-state index in [1.807, 2.05) is 0 Å². The average Bonchev–Trinajstić information content (AvgIpc) is 2.87. The molecule has 0 saturated heterocycles. The van der Waals surface area contributed by atoms with Gasteiger partial charge in [0, 0.05) is 0 Å². The number of carbonyl (C=O) groups excluding carboxylic acids is 1. The van der Waals surface area contributed by atoms with Crippen molar-refractivity contribution in [3.63, 3.8) is 0 Å². The van der Waals surface area contributed by atoms with Crippen LogP contribution in [0.1, 0.15) is 181 Å². The SMILES string of the molecule is CCCCCCCCCCCCCCC(CCCCCCCCCCCCCC)(OCC(=O)O)C(=O)S. The molecule has 0 heterocycles. The van der Waals surface area contributed by atoms with E-state index in [0.29, 0.717) is 12.8 Å². The van der Waals surface area contributed by atoms with Crippen molar-refractivity contribution >= 4 is 23.7 Å². The summed E-state index contributed by atoms with van der Waals surface area (Å²) in [6.07, 6.45) is 31.4. The number of hydrogen-bond acceptors (Lipinski definition) is 3. The second-order valence-corrected chi connectivity index (χ2v) is 11.7. The van der Waals surface area contributed by atoms with Crippen molar-refractivity contribution in [1.29, 1.82) is 0 Å². The van der Waals surface area contributed by atoms with Crippen LogP contribution >= 0.6 is 12.6 Å². The smallest absolute Gasteiger partial charge is 0.329 e. The first-order valence-corrected chi connectivity index (χ1v) is 16.5. The maximum atomic E-state index is 12.5. The van der Waals surface area contributed by atoms with Crippen LogP contribution in [0.2, 0.25) is 0 Å². The lowest BCUT2D eigenvalue weighted by molar-refractivity contribution is -0.155. The van der Waals surface area contributed by atoms with E-state index in [9.17, 15) is 9.59 Å². The van der Waals surface area contributed by atoms with E-state index >= 15 is 0 Å². The van der Waals surface area contributed by atoms with Gasteiger partial charge < -0.3 is 9.84 Å². The summed E-state index contributed by atoms with van der Waals surface area (Å²) in [6, 6.07) is 0. The van der Waals surface area contributed by atoms with Crippen LogP contribution in [0.4, 0.5) is 0 Å². The molecule has 0 aromatic rings. The zero-order valence-corrected chi connectivity index (χ0v) is 25.6. The second kappa shape index (κ2) is 27.0. The normalized spacial score (nSPS) is 11.8. The number of hydrogen-bond donors (Lipinski definition) is 2. The molecule has 220 valence electrons. The van der Waals surface area contributed by atoms with Gasteiger partial charge in [0.2, 0.25) is 5.12 Å². The Morgan fingerprint density at radius 3 is 1.05 bits per heavy atom. The van der Waals surface area contributed by atoms with Gasteiger partial charge in [-0.1, -0.05) is 168 Å². The summed E-state index contributed by atoms with van der Waals surface area (Å²) in [5, 5.41) is 8.84. The number of rotatable bonds is 30. The second-order valence-electron chi connectivity index (χ2n) is 11.3. The number of ether oxygens (including phenoxy) is 1. The average molecular weight is 543 g/mol. The third-order valence-corrected chi connectivity index (χ3v) is 8.14. The number of aliphatic carboxylic acids is 1. The molecule has 0 spiro atoms. The quantitative estimate of drug-likeness (QED) is 0.0700. The highest BCUT2D eigenvalue weighted by molar-refractivity contribution is 7.96. The Kier molecular flexibility index (Phi) is 26.6. The highest BCUT2D eigenvalue weighted by atomic mass is 32.1. The topological polar surface area (TPSA) is 63.6 Å². The molecule has 37 heavy (non-hydrogen) atoms. The van der Waals surface area contributed by atoms with Crippen LogP contribution in [0.25, 0.3) is 0 Å². The van der Waals surface area contributed by atoms with Crippen LogP contribution in [0.5, 0.6) is 0 Å². The number of carbonyl (C=O) groups is 2. The minimum absolute atomic E-state index is 0.306. The van der Waals surface area contributed by atoms with Gasteiger partial charge in [-0.3, -0.25) is 4.79 Å². The van der Waals surface area contributed by atoms with Crippen molar-refractivity contribution in [2.75, 3.05) is 6.61 Å². The zero-order chi connectivity index (χ0) is 27.5. The lowest BCUT2D eigenvalue weighted by Gasteiger charge is -2.30. The molecule has 4 nitrogen and oxygen atoms in total. The van der Waals surface area contributed by atoms with E-state index < -0.39 is 18.2 Å². The Bertz CT molecular complexity index is 495. The van der Waals surface area contributed by atoms with E-state index in [1.54, 1.807) is 0 Å². The van der Waals surface area contributed by atoms with E-state index in [2.05, 4.69) is 26.5 Å². The maximum Gasteiger partial charge on any atom is 0.329 e. The van der Waals surface area contributed by atoms with Crippen molar-refractivity contribution in [2.45, 2.75) is 186 Å². The molecule has 5 heteroatoms. The molecule has 0 fully saturated rings. The summed E-state index contributed by atoms with van der Waals surface area (Å²) in [4.78, 5) is 23.6. The fourth-order valence-corrected chi connectivity index (χ4v) is 5.54. The van der Waals surface area contributed by atoms with Gasteiger partial charge in [-0.05, 0) is 12.8 Å². The summed E-state index contributed by atoms with van der Waals surface area (Å²) in [6.45, 7) is 4.09. The van der Waals surface area contributed by atoms with Gasteiger partial charge in [-0.2, -0.15) is 0 Å². The third-order valence-electron chi connectivity index (χ3n) is 7.73. The highest BCUT2D eigenvalue weighted by Gasteiger charge is 2.37. The molecule has 0 aliphatic rings. The molecule has 0 saturated carbocycles. The summed E-state index contributed by atoms with van der Waals surface area (Å²) >= 11 is 4.15. The van der Waals surface area contributed by atoms with E-state index in [0.717, 1.165) is 25.7 Å². The molecule has 0 aliphatic heterocycles. The summed E-state index contributed by atoms with van der Waals surface area (Å²) in [5.74, 6) is -1.02. The lowest BCUT2D eigenvalue weighted by atomic mass is 9.90. The van der Waals surface area contributed by atoms with Crippen LogP contribution in [0, 0.1) is 0 Å². The Morgan fingerprint density at radius 2 is 0.811 bits per heavy atom. The van der Waals surface area contributed by atoms with Gasteiger partial charge >= 0.3 is 5.97 Å². The Balaban J connectivity index is 4.11. The van der Waals surface area contributed by atoms with Crippen molar-refractivity contribution in [1.82, 2.24) is 0 Å². The Hall–Kier alpha value is -0.550. The van der Waals surface area contributed by atoms with Gasteiger partial charge in [-0.25, -0.2) is 4.79 Å². The largest absolute Gasteiger partial charge is 0.480 e. The summed E-state index contributed by atoms with van der Waals surface area (Å²) in [7, 11) is 0. The van der Waals surface area contributed by atoms with Gasteiger partial charge in [0.05, 0.1) is 0 Å². The van der Waals surface area contributed by atoms with Crippen molar-refractivity contribution in [3.05, 3.63) is 0 Å². The molecule has 0 bridgehead atoms. The van der Waals surface area contributed by atoms with Crippen LogP contribution < -0.4 is 0 Å². The Labute approximate surface area is 235 Å². The number of thiol groups is 1. The van der Waals surface area contributed by atoms with E-state index in [1.165, 1.54) is 128 Å². The van der Waals surface area contributed by atoms with Gasteiger partial charge in [-0.15, -0.1) is 12.6 Å². The summed E-state index contributed by atoms with van der Waals surface area (Å²) < 4.78 is 5.73. The predicted octanol–water partition coefficient (Wildman–Crippen LogP) is 10.5. The molecule has 0 amide bonds. The first-order valence-electron chi connectivity index (χ1n) is 16.1. The highest BCUT2D eigenvalue weighted by Crippen LogP contribution is 2.30. The van der Waals surface area contributed by atoms with E-state index in [4.69, 9.17) is 9.84 Å². The molecule has 0 atom stereocenters. The number of carboxylic acid groups (broad SMARTS) is 1. The molecule has 0 radical (unpaired) electrons. The first-order chi connectivity index (χ1) is 18.0. The van der Waals surface area contributed by atoms with Crippen LogP contribution in [0.15, 0.2) is 0 Å². The predicted molar refractivity (Wildman–Crippen MR) is 162 cm³/mol. The molecule has 1 N–H and O–H groups in total. The number of carboxylic acids is 1. The van der Waals surface area contributed by atoms with Gasteiger partial charge in [0.1, 0.15) is 12.2 Å². The molecular formula is C32H62O4S. The fourth-order valence-electron chi connectivity index (χ4n) is 5.25. The molecule has 0 rings (SSSR count). The monoisotopic (exact) mass is 542 g/mol. The molecular weight excluding hydrogens is 480 g/mol. The van der Waals surface area contributed by atoms with Crippen molar-refractivity contribution in [3.8, 4) is 0 Å². The van der Waals surface area contributed by atoms with Crippen molar-refractivity contribution in [2.24, 2.45) is 0 Å². The van der Waals surface area contributed by atoms with Gasteiger partial charge in [0.25, 0.3) is 0 Å². The first kappa shape index (κ1) is 36.5. The molecule has 0 aromatic carbocycles. The minimum atomic E-state index is -1.04. The molecule has 0 unspecified atom stereocenters. The standard InChI is InChI=1S/C32H62O4S/c1-3-5-7-9-11-13-15-17-19-21-23-25-27-32(31(35)37,36-29-30(33)34)28-26-24-22-20-18-16-14-12-10-8-6-4-2/h3-29H2,1-2H3,(H,33,34)(H,35,37). The lowest BCUT2D eigenvalue weighted by Crippen LogP contribution is -2.40. The Morgan fingerprint density at radius 1 is 0.541 bits per heavy atom. The maximum absolute atomic E-state index is 12.5.